The molecule has 1 atom stereocenters. The van der Waals surface area contributed by atoms with Gasteiger partial charge in [-0.15, -0.1) is 0 Å². The number of hydrogen-bond acceptors (Lipinski definition) is 2. The molecule has 1 aliphatic rings. The van der Waals surface area contributed by atoms with Crippen molar-refractivity contribution in [3.05, 3.63) is 17.7 Å². The molecule has 0 saturated carbocycles. The van der Waals surface area contributed by atoms with E-state index in [2.05, 4.69) is 23.4 Å². The number of carbonyl (C=O) groups excluding carboxylic acids is 1. The monoisotopic (exact) mass is 192 g/mol. The second-order valence-corrected chi connectivity index (χ2v) is 4.30. The lowest BCUT2D eigenvalue weighted by atomic mass is 9.98. The molecule has 1 unspecified atom stereocenters. The second-order valence-electron chi connectivity index (χ2n) is 4.30. The van der Waals surface area contributed by atoms with Crippen LogP contribution < -0.4 is 0 Å². The Balaban J connectivity index is 2.29. The molecule has 3 heteroatoms. The average molecular weight is 192 g/mol. The molecule has 1 aromatic heterocycles. The summed E-state index contributed by atoms with van der Waals surface area (Å²) in [4.78, 5) is 15.1. The van der Waals surface area contributed by atoms with Gasteiger partial charge >= 0.3 is 0 Å². The van der Waals surface area contributed by atoms with Crippen LogP contribution in [-0.2, 0) is 17.8 Å². The average Bonchev–Trinajstić information content (AvgIpc) is 2.59. The van der Waals surface area contributed by atoms with Gasteiger partial charge in [0.05, 0.1) is 0 Å². The van der Waals surface area contributed by atoms with Crippen LogP contribution >= 0.6 is 0 Å². The summed E-state index contributed by atoms with van der Waals surface area (Å²) < 4.78 is 2.27. The highest BCUT2D eigenvalue weighted by Gasteiger charge is 2.21. The number of rotatable bonds is 2. The highest BCUT2D eigenvalue weighted by atomic mass is 16.1. The molecule has 0 fully saturated rings. The first kappa shape index (κ1) is 9.44. The van der Waals surface area contributed by atoms with Crippen molar-refractivity contribution in [1.29, 1.82) is 0 Å². The van der Waals surface area contributed by atoms with Crippen LogP contribution in [0.2, 0.25) is 0 Å². The largest absolute Gasteiger partial charge is 0.332 e. The minimum Gasteiger partial charge on any atom is -0.332 e. The fourth-order valence-electron chi connectivity index (χ4n) is 2.09. The lowest BCUT2D eigenvalue weighted by Crippen LogP contribution is -2.21. The van der Waals surface area contributed by atoms with Crippen LogP contribution in [0.25, 0.3) is 0 Å². The zero-order chi connectivity index (χ0) is 10.1. The lowest BCUT2D eigenvalue weighted by Gasteiger charge is -2.21. The Hall–Kier alpha value is -1.12. The molecule has 0 N–H and O–H groups in total. The van der Waals surface area contributed by atoms with Crippen molar-refractivity contribution in [1.82, 2.24) is 9.55 Å². The quantitative estimate of drug-likeness (QED) is 0.669. The first-order valence-electron chi connectivity index (χ1n) is 5.22. The van der Waals surface area contributed by atoms with E-state index < -0.39 is 0 Å². The van der Waals surface area contributed by atoms with Crippen molar-refractivity contribution >= 4 is 6.29 Å². The topological polar surface area (TPSA) is 34.9 Å². The minimum absolute atomic E-state index is 0.208. The van der Waals surface area contributed by atoms with E-state index in [0.29, 0.717) is 5.92 Å². The highest BCUT2D eigenvalue weighted by Crippen LogP contribution is 2.23. The SMILES string of the molecule is CC(C)c1ncc2n1CCC(C=O)C2. The molecule has 14 heavy (non-hydrogen) atoms. The Morgan fingerprint density at radius 2 is 2.43 bits per heavy atom. The molecule has 2 heterocycles. The van der Waals surface area contributed by atoms with Crippen LogP contribution in [0.3, 0.4) is 0 Å². The van der Waals surface area contributed by atoms with Crippen LogP contribution in [0, 0.1) is 5.92 Å². The van der Waals surface area contributed by atoms with E-state index in [9.17, 15) is 4.79 Å². The van der Waals surface area contributed by atoms with Gasteiger partial charge in [0, 0.05) is 30.3 Å². The van der Waals surface area contributed by atoms with Crippen LogP contribution in [0.15, 0.2) is 6.20 Å². The molecule has 0 aliphatic carbocycles. The van der Waals surface area contributed by atoms with Gasteiger partial charge in [0.15, 0.2) is 0 Å². The van der Waals surface area contributed by atoms with Gasteiger partial charge in [-0.2, -0.15) is 0 Å². The second kappa shape index (κ2) is 3.56. The lowest BCUT2D eigenvalue weighted by molar-refractivity contribution is -0.111. The van der Waals surface area contributed by atoms with Gasteiger partial charge in [0.2, 0.25) is 0 Å². The van der Waals surface area contributed by atoms with Gasteiger partial charge in [0.1, 0.15) is 12.1 Å². The zero-order valence-electron chi connectivity index (χ0n) is 8.73. The maximum atomic E-state index is 10.7. The van der Waals surface area contributed by atoms with Gasteiger partial charge in [-0.05, 0) is 12.8 Å². The van der Waals surface area contributed by atoms with Crippen molar-refractivity contribution < 1.29 is 4.79 Å². The van der Waals surface area contributed by atoms with Crippen molar-refractivity contribution in [2.75, 3.05) is 0 Å². The van der Waals surface area contributed by atoms with Gasteiger partial charge in [-0.1, -0.05) is 13.8 Å². The van der Waals surface area contributed by atoms with E-state index in [1.165, 1.54) is 5.69 Å². The summed E-state index contributed by atoms with van der Waals surface area (Å²) in [6, 6.07) is 0. The van der Waals surface area contributed by atoms with E-state index in [1.807, 2.05) is 6.20 Å². The van der Waals surface area contributed by atoms with Crippen molar-refractivity contribution in [3.63, 3.8) is 0 Å². The summed E-state index contributed by atoms with van der Waals surface area (Å²) in [6.07, 6.45) is 4.83. The molecule has 3 nitrogen and oxygen atoms in total. The number of fused-ring (bicyclic) bond motifs is 1. The number of aldehydes is 1. The van der Waals surface area contributed by atoms with Crippen molar-refractivity contribution in [3.8, 4) is 0 Å². The number of imidazole rings is 1. The molecule has 0 aromatic carbocycles. The van der Waals surface area contributed by atoms with Gasteiger partial charge in [-0.25, -0.2) is 4.98 Å². The molecular formula is C11H16N2O. The maximum Gasteiger partial charge on any atom is 0.123 e. The minimum atomic E-state index is 0.208. The first-order valence-corrected chi connectivity index (χ1v) is 5.22. The van der Waals surface area contributed by atoms with Gasteiger partial charge in [-0.3, -0.25) is 0 Å². The molecule has 0 bridgehead atoms. The smallest absolute Gasteiger partial charge is 0.123 e. The Kier molecular flexibility index (Phi) is 2.40. The van der Waals surface area contributed by atoms with Gasteiger partial charge in [0.25, 0.3) is 0 Å². The molecular weight excluding hydrogens is 176 g/mol. The molecule has 2 rings (SSSR count). The Morgan fingerprint density at radius 3 is 3.07 bits per heavy atom. The molecule has 0 spiro atoms. The fraction of sp³-hybridized carbons (Fsp3) is 0.636. The molecule has 0 amide bonds. The standard InChI is InChI=1S/C11H16N2O/c1-8(2)11-12-6-10-5-9(7-14)3-4-13(10)11/h6-9H,3-5H2,1-2H3. The first-order chi connectivity index (χ1) is 6.72. The molecule has 76 valence electrons. The predicted octanol–water partition coefficient (Wildman–Crippen LogP) is 1.77. The fourth-order valence-corrected chi connectivity index (χ4v) is 2.09. The van der Waals surface area contributed by atoms with Gasteiger partial charge < -0.3 is 9.36 Å². The normalized spacial score (nSPS) is 20.9. The number of hydrogen-bond donors (Lipinski definition) is 0. The summed E-state index contributed by atoms with van der Waals surface area (Å²) in [5.74, 6) is 1.83. The molecule has 0 radical (unpaired) electrons. The van der Waals surface area contributed by atoms with E-state index >= 15 is 0 Å². The maximum absolute atomic E-state index is 10.7. The third-order valence-electron chi connectivity index (χ3n) is 2.87. The molecule has 0 saturated heterocycles. The number of aromatic nitrogens is 2. The summed E-state index contributed by atoms with van der Waals surface area (Å²) in [7, 11) is 0. The van der Waals surface area contributed by atoms with E-state index in [-0.39, 0.29) is 5.92 Å². The Labute approximate surface area is 84.1 Å². The van der Waals surface area contributed by atoms with E-state index in [4.69, 9.17) is 0 Å². The third kappa shape index (κ3) is 1.47. The van der Waals surface area contributed by atoms with Crippen LogP contribution in [0.5, 0.6) is 0 Å². The summed E-state index contributed by atoms with van der Waals surface area (Å²) in [6.45, 7) is 5.26. The highest BCUT2D eigenvalue weighted by molar-refractivity contribution is 5.54. The predicted molar refractivity (Wildman–Crippen MR) is 54.2 cm³/mol. The van der Waals surface area contributed by atoms with Crippen LogP contribution in [0.1, 0.15) is 37.7 Å². The molecule has 1 aromatic rings. The van der Waals surface area contributed by atoms with Crippen molar-refractivity contribution in [2.24, 2.45) is 5.92 Å². The van der Waals surface area contributed by atoms with E-state index in [0.717, 1.165) is 31.5 Å². The third-order valence-corrected chi connectivity index (χ3v) is 2.87. The van der Waals surface area contributed by atoms with E-state index in [1.54, 1.807) is 0 Å². The van der Waals surface area contributed by atoms with Crippen molar-refractivity contribution in [2.45, 2.75) is 39.2 Å². The van der Waals surface area contributed by atoms with Crippen LogP contribution in [-0.4, -0.2) is 15.8 Å². The summed E-state index contributed by atoms with van der Waals surface area (Å²) in [5, 5.41) is 0. The Bertz CT molecular complexity index is 341. The Morgan fingerprint density at radius 1 is 1.64 bits per heavy atom. The summed E-state index contributed by atoms with van der Waals surface area (Å²) in [5.41, 5.74) is 1.22. The summed E-state index contributed by atoms with van der Waals surface area (Å²) >= 11 is 0. The number of nitrogens with zero attached hydrogens (tertiary/aromatic N) is 2. The zero-order valence-corrected chi connectivity index (χ0v) is 8.73. The number of carbonyl (C=O) groups is 1. The molecule has 1 aliphatic heterocycles. The van der Waals surface area contributed by atoms with Crippen LogP contribution in [0.4, 0.5) is 0 Å².